The average Bonchev–Trinajstić information content (AvgIpc) is 2.83. The zero-order valence-electron chi connectivity index (χ0n) is 10.9. The Morgan fingerprint density at radius 1 is 1.20 bits per heavy atom. The lowest BCUT2D eigenvalue weighted by molar-refractivity contribution is 0.383. The molecule has 2 nitrogen and oxygen atoms in total. The first-order chi connectivity index (χ1) is 9.69. The highest BCUT2D eigenvalue weighted by molar-refractivity contribution is 6.31. The van der Waals surface area contributed by atoms with Crippen LogP contribution in [-0.4, -0.2) is 11.7 Å². The lowest BCUT2D eigenvalue weighted by Gasteiger charge is -2.09. The van der Waals surface area contributed by atoms with Crippen molar-refractivity contribution >= 4 is 22.5 Å². The number of aromatic nitrogens is 1. The molecule has 0 bridgehead atoms. The van der Waals surface area contributed by atoms with Gasteiger partial charge in [0.2, 0.25) is 0 Å². The van der Waals surface area contributed by atoms with Crippen molar-refractivity contribution in [2.75, 3.05) is 7.11 Å². The van der Waals surface area contributed by atoms with Crippen molar-refractivity contribution < 1.29 is 9.13 Å². The van der Waals surface area contributed by atoms with E-state index in [1.165, 1.54) is 7.11 Å². The molecule has 2 aromatic carbocycles. The summed E-state index contributed by atoms with van der Waals surface area (Å²) < 4.78 is 21.2. The molecular formula is C16H13ClFNO. The second-order valence-corrected chi connectivity index (χ2v) is 5.02. The number of hydrogen-bond donors (Lipinski definition) is 0. The molecular weight excluding hydrogens is 277 g/mol. The third-order valence-corrected chi connectivity index (χ3v) is 3.57. The van der Waals surface area contributed by atoms with E-state index in [4.69, 9.17) is 16.3 Å². The van der Waals surface area contributed by atoms with Crippen molar-refractivity contribution in [1.29, 1.82) is 0 Å². The first kappa shape index (κ1) is 13.0. The highest BCUT2D eigenvalue weighted by atomic mass is 35.5. The zero-order valence-corrected chi connectivity index (χ0v) is 11.7. The van der Waals surface area contributed by atoms with Gasteiger partial charge in [0.1, 0.15) is 0 Å². The molecule has 0 N–H and O–H groups in total. The van der Waals surface area contributed by atoms with Crippen LogP contribution in [0.4, 0.5) is 4.39 Å². The fourth-order valence-corrected chi connectivity index (χ4v) is 2.51. The molecule has 0 radical (unpaired) electrons. The van der Waals surface area contributed by atoms with E-state index in [1.54, 1.807) is 18.2 Å². The molecule has 1 aromatic heterocycles. The van der Waals surface area contributed by atoms with Gasteiger partial charge in [0, 0.05) is 27.7 Å². The number of fused-ring (bicyclic) bond motifs is 1. The first-order valence-electron chi connectivity index (χ1n) is 6.25. The van der Waals surface area contributed by atoms with Gasteiger partial charge in [-0.2, -0.15) is 0 Å². The zero-order chi connectivity index (χ0) is 14.1. The van der Waals surface area contributed by atoms with Gasteiger partial charge in [-0.3, -0.25) is 0 Å². The molecule has 0 saturated carbocycles. The third kappa shape index (κ3) is 2.25. The van der Waals surface area contributed by atoms with Crippen LogP contribution in [0.15, 0.2) is 48.7 Å². The van der Waals surface area contributed by atoms with Gasteiger partial charge >= 0.3 is 0 Å². The largest absolute Gasteiger partial charge is 0.494 e. The number of benzene rings is 2. The maximum Gasteiger partial charge on any atom is 0.170 e. The second kappa shape index (κ2) is 5.17. The van der Waals surface area contributed by atoms with E-state index in [1.807, 2.05) is 35.0 Å². The van der Waals surface area contributed by atoms with Gasteiger partial charge in [-0.25, -0.2) is 4.39 Å². The molecule has 3 aromatic rings. The summed E-state index contributed by atoms with van der Waals surface area (Å²) in [5.41, 5.74) is 1.62. The van der Waals surface area contributed by atoms with Crippen LogP contribution in [0.1, 0.15) is 5.56 Å². The van der Waals surface area contributed by atoms with E-state index >= 15 is 0 Å². The highest BCUT2D eigenvalue weighted by Crippen LogP contribution is 2.24. The Kier molecular flexibility index (Phi) is 3.36. The van der Waals surface area contributed by atoms with Crippen molar-refractivity contribution in [3.8, 4) is 5.75 Å². The molecule has 1 heterocycles. The smallest absolute Gasteiger partial charge is 0.170 e. The van der Waals surface area contributed by atoms with E-state index in [-0.39, 0.29) is 11.6 Å². The predicted octanol–water partition coefficient (Wildman–Crippen LogP) is 4.49. The molecule has 3 rings (SSSR count). The van der Waals surface area contributed by atoms with Crippen molar-refractivity contribution in [3.63, 3.8) is 0 Å². The monoisotopic (exact) mass is 289 g/mol. The minimum atomic E-state index is -0.314. The fraction of sp³-hybridized carbons (Fsp3) is 0.125. The normalized spacial score (nSPS) is 10.9. The summed E-state index contributed by atoms with van der Waals surface area (Å²) in [6, 6.07) is 12.8. The van der Waals surface area contributed by atoms with E-state index in [0.29, 0.717) is 17.1 Å². The molecule has 0 fully saturated rings. The van der Waals surface area contributed by atoms with Crippen LogP contribution < -0.4 is 4.74 Å². The number of nitrogens with zero attached hydrogens (tertiary/aromatic N) is 1. The summed E-state index contributed by atoms with van der Waals surface area (Å²) in [6.45, 7) is 0.453. The molecule has 0 aliphatic carbocycles. The standard InChI is InChI=1S/C16H13ClFNO/c1-20-15-4-2-3-12(16(15)18)10-19-8-7-11-9-13(17)5-6-14(11)19/h2-9H,10H2,1H3. The average molecular weight is 290 g/mol. The Morgan fingerprint density at radius 2 is 2.05 bits per heavy atom. The van der Waals surface area contributed by atoms with E-state index < -0.39 is 0 Å². The lowest BCUT2D eigenvalue weighted by atomic mass is 10.2. The molecule has 4 heteroatoms. The van der Waals surface area contributed by atoms with Crippen LogP contribution in [-0.2, 0) is 6.54 Å². The van der Waals surface area contributed by atoms with E-state index in [0.717, 1.165) is 10.9 Å². The molecule has 20 heavy (non-hydrogen) atoms. The number of halogens is 2. The Balaban J connectivity index is 2.01. The predicted molar refractivity (Wildman–Crippen MR) is 79.0 cm³/mol. The molecule has 0 atom stereocenters. The molecule has 0 saturated heterocycles. The van der Waals surface area contributed by atoms with Gasteiger partial charge in [0.05, 0.1) is 13.7 Å². The number of rotatable bonds is 3. The van der Waals surface area contributed by atoms with E-state index in [9.17, 15) is 4.39 Å². The van der Waals surface area contributed by atoms with Crippen LogP contribution >= 0.6 is 11.6 Å². The Bertz CT molecular complexity index is 766. The van der Waals surface area contributed by atoms with Gasteiger partial charge in [-0.05, 0) is 30.3 Å². The van der Waals surface area contributed by atoms with Crippen LogP contribution in [0.25, 0.3) is 10.9 Å². The van der Waals surface area contributed by atoms with Crippen LogP contribution in [0.2, 0.25) is 5.02 Å². The van der Waals surface area contributed by atoms with Crippen molar-refractivity contribution in [2.24, 2.45) is 0 Å². The summed E-state index contributed by atoms with van der Waals surface area (Å²) in [6.07, 6.45) is 1.93. The Labute approximate surface area is 121 Å². The Hall–Kier alpha value is -2.00. The molecule has 0 aliphatic heterocycles. The molecule has 0 amide bonds. The van der Waals surface area contributed by atoms with Crippen molar-refractivity contribution in [3.05, 3.63) is 65.1 Å². The first-order valence-corrected chi connectivity index (χ1v) is 6.62. The van der Waals surface area contributed by atoms with E-state index in [2.05, 4.69) is 0 Å². The fourth-order valence-electron chi connectivity index (χ4n) is 2.33. The van der Waals surface area contributed by atoms with Gasteiger partial charge in [0.15, 0.2) is 11.6 Å². The Morgan fingerprint density at radius 3 is 2.85 bits per heavy atom. The third-order valence-electron chi connectivity index (χ3n) is 3.34. The van der Waals surface area contributed by atoms with Crippen molar-refractivity contribution in [2.45, 2.75) is 6.54 Å². The summed E-state index contributed by atoms with van der Waals surface area (Å²) >= 11 is 5.97. The molecule has 102 valence electrons. The summed E-state index contributed by atoms with van der Waals surface area (Å²) in [7, 11) is 1.47. The van der Waals surface area contributed by atoms with Gasteiger partial charge in [-0.1, -0.05) is 23.7 Å². The SMILES string of the molecule is COc1cccc(Cn2ccc3cc(Cl)ccc32)c1F. The molecule has 0 spiro atoms. The van der Waals surface area contributed by atoms with Crippen LogP contribution in [0.5, 0.6) is 5.75 Å². The van der Waals surface area contributed by atoms with Gasteiger partial charge < -0.3 is 9.30 Å². The molecule has 0 aliphatic rings. The summed E-state index contributed by atoms with van der Waals surface area (Å²) in [5, 5.41) is 1.74. The summed E-state index contributed by atoms with van der Waals surface area (Å²) in [5.74, 6) is -0.0483. The topological polar surface area (TPSA) is 14.2 Å². The minimum Gasteiger partial charge on any atom is -0.494 e. The van der Waals surface area contributed by atoms with Gasteiger partial charge in [-0.15, -0.1) is 0 Å². The maximum atomic E-state index is 14.2. The summed E-state index contributed by atoms with van der Waals surface area (Å²) in [4.78, 5) is 0. The van der Waals surface area contributed by atoms with Crippen LogP contribution in [0.3, 0.4) is 0 Å². The minimum absolute atomic E-state index is 0.266. The van der Waals surface area contributed by atoms with Gasteiger partial charge in [0.25, 0.3) is 0 Å². The lowest BCUT2D eigenvalue weighted by Crippen LogP contribution is -2.02. The van der Waals surface area contributed by atoms with Crippen LogP contribution in [0, 0.1) is 5.82 Å². The molecule has 0 unspecified atom stereocenters. The second-order valence-electron chi connectivity index (χ2n) is 4.58. The maximum absolute atomic E-state index is 14.2. The number of ether oxygens (including phenoxy) is 1. The quantitative estimate of drug-likeness (QED) is 0.693. The highest BCUT2D eigenvalue weighted by Gasteiger charge is 2.10. The number of hydrogen-bond acceptors (Lipinski definition) is 1. The number of methoxy groups -OCH3 is 1. The van der Waals surface area contributed by atoms with Crippen molar-refractivity contribution in [1.82, 2.24) is 4.57 Å².